The maximum absolute atomic E-state index is 12.3. The Hall–Kier alpha value is -1.41. The topological polar surface area (TPSA) is 75.5 Å². The molecule has 0 saturated carbocycles. The van der Waals surface area contributed by atoms with Gasteiger partial charge in [0.2, 0.25) is 0 Å². The molecule has 1 amide bonds. The van der Waals surface area contributed by atoms with Gasteiger partial charge in [0.15, 0.2) is 0 Å². The summed E-state index contributed by atoms with van der Waals surface area (Å²) >= 11 is 0. The first-order valence-corrected chi connectivity index (χ1v) is 8.60. The lowest BCUT2D eigenvalue weighted by Crippen LogP contribution is -2.49. The minimum Gasteiger partial charge on any atom is -0.335 e. The van der Waals surface area contributed by atoms with E-state index in [9.17, 15) is 13.2 Å². The number of aromatic nitrogens is 2. The molecule has 0 spiro atoms. The number of nitrogens with zero attached hydrogens (tertiary/aromatic N) is 4. The lowest BCUT2D eigenvalue weighted by molar-refractivity contribution is 0.0633. The van der Waals surface area contributed by atoms with E-state index >= 15 is 0 Å². The van der Waals surface area contributed by atoms with Gasteiger partial charge in [-0.3, -0.25) is 14.4 Å². The lowest BCUT2D eigenvalue weighted by Gasteiger charge is -2.34. The molecule has 1 aromatic rings. The molecule has 0 aliphatic carbocycles. The second kappa shape index (κ2) is 5.92. The molecule has 0 bridgehead atoms. The van der Waals surface area contributed by atoms with Crippen molar-refractivity contribution < 1.29 is 13.2 Å². The van der Waals surface area contributed by atoms with Crippen molar-refractivity contribution in [2.45, 2.75) is 0 Å². The summed E-state index contributed by atoms with van der Waals surface area (Å²) in [6, 6.07) is 1.71. The number of piperazine rings is 1. The summed E-state index contributed by atoms with van der Waals surface area (Å²) in [5.41, 5.74) is 0.578. The Bertz CT molecular complexity index is 573. The van der Waals surface area contributed by atoms with Crippen molar-refractivity contribution in [3.05, 3.63) is 18.0 Å². The largest absolute Gasteiger partial charge is 0.335 e. The van der Waals surface area contributed by atoms with Gasteiger partial charge in [-0.25, -0.2) is 8.42 Å². The minimum absolute atomic E-state index is 0.0206. The molecule has 0 unspecified atom stereocenters. The van der Waals surface area contributed by atoms with Crippen LogP contribution in [0.25, 0.3) is 0 Å². The zero-order valence-corrected chi connectivity index (χ0v) is 12.6. The van der Waals surface area contributed by atoms with Crippen molar-refractivity contribution in [2.75, 3.05) is 44.7 Å². The smallest absolute Gasteiger partial charge is 0.272 e. The molecule has 20 heavy (non-hydrogen) atoms. The van der Waals surface area contributed by atoms with Gasteiger partial charge in [0.25, 0.3) is 5.91 Å². The Kier molecular flexibility index (Phi) is 4.44. The monoisotopic (exact) mass is 300 g/mol. The fourth-order valence-corrected chi connectivity index (χ4v) is 2.81. The van der Waals surface area contributed by atoms with Crippen LogP contribution >= 0.6 is 0 Å². The SMILES string of the molecule is Cn1nccc1C(=O)N1CCN(CCS(C)(=O)=O)CC1. The number of amides is 1. The Morgan fingerprint density at radius 1 is 1.30 bits per heavy atom. The second-order valence-electron chi connectivity index (χ2n) is 5.10. The third-order valence-electron chi connectivity index (χ3n) is 3.48. The third kappa shape index (κ3) is 3.80. The zero-order chi connectivity index (χ0) is 14.8. The molecule has 8 heteroatoms. The van der Waals surface area contributed by atoms with Crippen molar-refractivity contribution in [3.8, 4) is 0 Å². The molecule has 112 valence electrons. The average molecular weight is 300 g/mol. The molecule has 1 fully saturated rings. The van der Waals surface area contributed by atoms with Crippen LogP contribution in [0.5, 0.6) is 0 Å². The quantitative estimate of drug-likeness (QED) is 0.729. The van der Waals surface area contributed by atoms with Crippen LogP contribution in [0.3, 0.4) is 0 Å². The molecule has 0 aromatic carbocycles. The summed E-state index contributed by atoms with van der Waals surface area (Å²) in [6.45, 7) is 3.19. The highest BCUT2D eigenvalue weighted by Gasteiger charge is 2.24. The fourth-order valence-electron chi connectivity index (χ4n) is 2.22. The van der Waals surface area contributed by atoms with E-state index in [4.69, 9.17) is 0 Å². The van der Waals surface area contributed by atoms with Crippen LogP contribution in [0.4, 0.5) is 0 Å². The van der Waals surface area contributed by atoms with Gasteiger partial charge in [-0.2, -0.15) is 5.10 Å². The van der Waals surface area contributed by atoms with Crippen molar-refractivity contribution in [3.63, 3.8) is 0 Å². The average Bonchev–Trinajstić information content (AvgIpc) is 2.81. The number of rotatable bonds is 4. The number of aryl methyl sites for hydroxylation is 1. The van der Waals surface area contributed by atoms with Crippen molar-refractivity contribution >= 4 is 15.7 Å². The highest BCUT2D eigenvalue weighted by molar-refractivity contribution is 7.90. The number of hydrogen-bond acceptors (Lipinski definition) is 5. The summed E-state index contributed by atoms with van der Waals surface area (Å²) in [5.74, 6) is 0.149. The first-order chi connectivity index (χ1) is 9.37. The summed E-state index contributed by atoms with van der Waals surface area (Å²) in [4.78, 5) is 16.1. The van der Waals surface area contributed by atoms with Gasteiger partial charge in [0.05, 0.1) is 5.75 Å². The maximum atomic E-state index is 12.3. The highest BCUT2D eigenvalue weighted by Crippen LogP contribution is 2.08. The van der Waals surface area contributed by atoms with E-state index in [-0.39, 0.29) is 11.7 Å². The number of carbonyl (C=O) groups is 1. The molecule has 0 atom stereocenters. The molecule has 2 heterocycles. The van der Waals surface area contributed by atoms with Crippen LogP contribution in [0, 0.1) is 0 Å². The molecule has 1 aliphatic rings. The molecule has 1 saturated heterocycles. The van der Waals surface area contributed by atoms with Crippen molar-refractivity contribution in [1.29, 1.82) is 0 Å². The number of hydrogen-bond donors (Lipinski definition) is 0. The zero-order valence-electron chi connectivity index (χ0n) is 11.8. The van der Waals surface area contributed by atoms with Crippen molar-refractivity contribution in [1.82, 2.24) is 19.6 Å². The summed E-state index contributed by atoms with van der Waals surface area (Å²) < 4.78 is 23.8. The lowest BCUT2D eigenvalue weighted by atomic mass is 10.3. The molecule has 0 N–H and O–H groups in total. The van der Waals surface area contributed by atoms with Crippen LogP contribution in [0.15, 0.2) is 12.3 Å². The molecule has 7 nitrogen and oxygen atoms in total. The van der Waals surface area contributed by atoms with E-state index in [0.29, 0.717) is 38.4 Å². The molecule has 0 radical (unpaired) electrons. The van der Waals surface area contributed by atoms with Crippen LogP contribution in [0.1, 0.15) is 10.5 Å². The summed E-state index contributed by atoms with van der Waals surface area (Å²) in [6.07, 6.45) is 2.85. The second-order valence-corrected chi connectivity index (χ2v) is 7.36. The van der Waals surface area contributed by atoms with Gasteiger partial charge in [-0.1, -0.05) is 0 Å². The minimum atomic E-state index is -2.93. The number of sulfone groups is 1. The predicted octanol–water partition coefficient (Wildman–Crippen LogP) is -0.777. The Morgan fingerprint density at radius 3 is 2.45 bits per heavy atom. The highest BCUT2D eigenvalue weighted by atomic mass is 32.2. The normalized spacial score (nSPS) is 17.4. The van der Waals surface area contributed by atoms with Gasteiger partial charge in [0, 0.05) is 52.2 Å². The van der Waals surface area contributed by atoms with Gasteiger partial charge in [-0.15, -0.1) is 0 Å². The van der Waals surface area contributed by atoms with Gasteiger partial charge < -0.3 is 4.90 Å². The molecular formula is C12H20N4O3S. The van der Waals surface area contributed by atoms with Crippen molar-refractivity contribution in [2.24, 2.45) is 7.05 Å². The van der Waals surface area contributed by atoms with Gasteiger partial charge in [-0.05, 0) is 6.07 Å². The van der Waals surface area contributed by atoms with E-state index in [1.54, 1.807) is 28.9 Å². The summed E-state index contributed by atoms with van der Waals surface area (Å²) in [5, 5.41) is 4.00. The number of carbonyl (C=O) groups excluding carboxylic acids is 1. The van der Waals surface area contributed by atoms with E-state index < -0.39 is 9.84 Å². The Balaban J connectivity index is 1.85. The first kappa shape index (κ1) is 15.0. The molecule has 2 rings (SSSR count). The standard InChI is InChI=1S/C12H20N4O3S/c1-14-11(3-4-13-14)12(17)16-7-5-15(6-8-16)9-10-20(2,18)19/h3-4H,5-10H2,1-2H3. The fraction of sp³-hybridized carbons (Fsp3) is 0.667. The predicted molar refractivity (Wildman–Crippen MR) is 75.3 cm³/mol. The van der Waals surface area contributed by atoms with Gasteiger partial charge in [0.1, 0.15) is 15.5 Å². The van der Waals surface area contributed by atoms with E-state index in [1.165, 1.54) is 6.26 Å². The third-order valence-corrected chi connectivity index (χ3v) is 4.40. The van der Waals surface area contributed by atoms with E-state index in [1.807, 2.05) is 0 Å². The maximum Gasteiger partial charge on any atom is 0.272 e. The molecule has 1 aromatic heterocycles. The Labute approximate surface area is 119 Å². The van der Waals surface area contributed by atoms with Crippen LogP contribution in [-0.4, -0.2) is 78.6 Å². The van der Waals surface area contributed by atoms with Crippen LogP contribution in [0.2, 0.25) is 0 Å². The molecular weight excluding hydrogens is 280 g/mol. The summed E-state index contributed by atoms with van der Waals surface area (Å²) in [7, 11) is -1.18. The van der Waals surface area contributed by atoms with Crippen LogP contribution < -0.4 is 0 Å². The van der Waals surface area contributed by atoms with Crippen LogP contribution in [-0.2, 0) is 16.9 Å². The Morgan fingerprint density at radius 2 is 1.95 bits per heavy atom. The van der Waals surface area contributed by atoms with Gasteiger partial charge >= 0.3 is 0 Å². The van der Waals surface area contributed by atoms with E-state index in [0.717, 1.165) is 0 Å². The molecule has 1 aliphatic heterocycles. The first-order valence-electron chi connectivity index (χ1n) is 6.54. The van der Waals surface area contributed by atoms with E-state index in [2.05, 4.69) is 10.00 Å².